The van der Waals surface area contributed by atoms with E-state index >= 15 is 4.39 Å². The number of hydrogen-bond acceptors (Lipinski definition) is 7. The fraction of sp³-hybridized carbons (Fsp3) is 0.618. The summed E-state index contributed by atoms with van der Waals surface area (Å²) in [7, 11) is 2.00. The zero-order valence-corrected chi connectivity index (χ0v) is 27.8. The smallest absolute Gasteiger partial charge is 0.270 e. The van der Waals surface area contributed by atoms with Crippen LogP contribution in [0.25, 0.3) is 0 Å². The lowest BCUT2D eigenvalue weighted by atomic mass is 9.79. The molecule has 2 saturated heterocycles. The number of nitrogens with zero attached hydrogens (tertiary/aromatic N) is 4. The minimum absolute atomic E-state index is 0.0226. The van der Waals surface area contributed by atoms with Crippen molar-refractivity contribution < 1.29 is 28.3 Å². The van der Waals surface area contributed by atoms with Gasteiger partial charge in [-0.2, -0.15) is 5.10 Å². The Morgan fingerprint density at radius 2 is 1.72 bits per heavy atom. The molecule has 1 aliphatic carbocycles. The van der Waals surface area contributed by atoms with Crippen molar-refractivity contribution in [2.24, 2.45) is 11.8 Å². The molecule has 0 unspecified atom stereocenters. The van der Waals surface area contributed by atoms with Gasteiger partial charge in [0.2, 0.25) is 17.7 Å². The third-order valence-electron chi connectivity index (χ3n) is 9.97. The van der Waals surface area contributed by atoms with Crippen LogP contribution in [-0.2, 0) is 19.1 Å². The fourth-order valence-electron chi connectivity index (χ4n) is 6.60. The van der Waals surface area contributed by atoms with Gasteiger partial charge in [0.1, 0.15) is 23.6 Å². The van der Waals surface area contributed by atoms with Crippen LogP contribution in [0.2, 0.25) is 0 Å². The molecule has 3 N–H and O–H groups in total. The Hall–Kier alpha value is -3.84. The number of carbonyl (C=O) groups excluding carboxylic acids is 4. The van der Waals surface area contributed by atoms with Crippen molar-refractivity contribution in [3.63, 3.8) is 0 Å². The Bertz CT molecular complexity index is 1430. The van der Waals surface area contributed by atoms with Crippen LogP contribution in [0.5, 0.6) is 0 Å². The van der Waals surface area contributed by atoms with Crippen molar-refractivity contribution in [3.05, 3.63) is 47.5 Å². The number of nitrogens with one attached hydrogen (secondary N) is 3. The van der Waals surface area contributed by atoms with Crippen LogP contribution >= 0.6 is 0 Å². The van der Waals surface area contributed by atoms with Crippen LogP contribution in [0.15, 0.2) is 30.5 Å². The average Bonchev–Trinajstić information content (AvgIpc) is 3.51. The first kappa shape index (κ1) is 34.5. The predicted octanol–water partition coefficient (Wildman–Crippen LogP) is 2.93. The SMILES string of the molecule is CCC(=O)N[C@@H](C(=O)N1CCN(C)CC1)[C@@H](C)c1ccc(NC(=O)[C@@H](NC(=O)c2ccnn2C2COC2)C2CCC(C)CC2)c(F)c1. The Morgan fingerprint density at radius 1 is 1.02 bits per heavy atom. The molecule has 4 amide bonds. The Kier molecular flexibility index (Phi) is 11.3. The lowest BCUT2D eigenvalue weighted by Gasteiger charge is -2.36. The molecule has 256 valence electrons. The molecule has 1 aromatic heterocycles. The molecule has 3 aliphatic rings. The van der Waals surface area contributed by atoms with Gasteiger partial charge in [0.05, 0.1) is 24.9 Å². The van der Waals surface area contributed by atoms with Gasteiger partial charge in [0.25, 0.3) is 5.91 Å². The number of likely N-dealkylation sites (N-methyl/N-ethyl adjacent to an activating group) is 1. The molecule has 3 atom stereocenters. The number of hydrogen-bond donors (Lipinski definition) is 3. The number of anilines is 1. The maximum atomic E-state index is 15.7. The van der Waals surface area contributed by atoms with Gasteiger partial charge >= 0.3 is 0 Å². The molecular weight excluding hydrogens is 605 g/mol. The van der Waals surface area contributed by atoms with Crippen molar-refractivity contribution in [2.75, 3.05) is 51.8 Å². The summed E-state index contributed by atoms with van der Waals surface area (Å²) >= 11 is 0. The normalized spacial score (nSPS) is 22.4. The zero-order valence-electron chi connectivity index (χ0n) is 27.8. The second-order valence-corrected chi connectivity index (χ2v) is 13.4. The zero-order chi connectivity index (χ0) is 33.7. The van der Waals surface area contributed by atoms with E-state index in [0.29, 0.717) is 43.5 Å². The van der Waals surface area contributed by atoms with E-state index in [0.717, 1.165) is 38.8 Å². The van der Waals surface area contributed by atoms with Gasteiger partial charge in [0, 0.05) is 44.7 Å². The van der Waals surface area contributed by atoms with Crippen LogP contribution in [0.1, 0.15) is 80.9 Å². The van der Waals surface area contributed by atoms with Crippen molar-refractivity contribution in [2.45, 2.75) is 76.9 Å². The predicted molar refractivity (Wildman–Crippen MR) is 174 cm³/mol. The molecular formula is C34H48FN7O5. The van der Waals surface area contributed by atoms with E-state index in [2.05, 4.69) is 32.9 Å². The summed E-state index contributed by atoms with van der Waals surface area (Å²) in [5.41, 5.74) is 0.843. The summed E-state index contributed by atoms with van der Waals surface area (Å²) in [6.45, 7) is 9.19. The molecule has 13 heteroatoms. The average molecular weight is 654 g/mol. The topological polar surface area (TPSA) is 138 Å². The molecule has 0 spiro atoms. The minimum Gasteiger partial charge on any atom is -0.377 e. The lowest BCUT2D eigenvalue weighted by Crippen LogP contribution is -2.55. The molecule has 2 aromatic rings. The van der Waals surface area contributed by atoms with Gasteiger partial charge in [-0.1, -0.05) is 39.7 Å². The molecule has 5 rings (SSSR count). The quantitative estimate of drug-likeness (QED) is 0.339. The van der Waals surface area contributed by atoms with Crippen molar-refractivity contribution >= 4 is 29.3 Å². The second kappa shape index (κ2) is 15.4. The Morgan fingerprint density at radius 3 is 2.34 bits per heavy atom. The fourth-order valence-corrected chi connectivity index (χ4v) is 6.60. The molecule has 0 radical (unpaired) electrons. The van der Waals surface area contributed by atoms with E-state index in [9.17, 15) is 19.2 Å². The van der Waals surface area contributed by atoms with Gasteiger partial charge in [-0.15, -0.1) is 0 Å². The summed E-state index contributed by atoms with van der Waals surface area (Å²) in [5.74, 6) is -2.13. The number of amides is 4. The molecule has 1 aromatic carbocycles. The summed E-state index contributed by atoms with van der Waals surface area (Å²) in [5, 5.41) is 12.8. The second-order valence-electron chi connectivity index (χ2n) is 13.4. The van der Waals surface area contributed by atoms with Gasteiger partial charge in [0.15, 0.2) is 0 Å². The first-order valence-corrected chi connectivity index (χ1v) is 16.8. The highest BCUT2D eigenvalue weighted by molar-refractivity contribution is 6.00. The number of benzene rings is 1. The number of carbonyl (C=O) groups is 4. The number of halogens is 1. The molecule has 0 bridgehead atoms. The molecule has 1 saturated carbocycles. The molecule has 3 fully saturated rings. The first-order chi connectivity index (χ1) is 22.5. The monoisotopic (exact) mass is 653 g/mol. The van der Waals surface area contributed by atoms with E-state index in [4.69, 9.17) is 4.74 Å². The molecule has 12 nitrogen and oxygen atoms in total. The summed E-state index contributed by atoms with van der Waals surface area (Å²) < 4.78 is 22.6. The van der Waals surface area contributed by atoms with E-state index in [1.807, 2.05) is 7.05 Å². The van der Waals surface area contributed by atoms with Gasteiger partial charge in [-0.25, -0.2) is 4.39 Å². The minimum atomic E-state index is -0.871. The number of rotatable bonds is 11. The standard InChI is InChI=1S/C34H48FN7O5/c1-5-29(43)38-30(34(46)41-16-14-40(4)15-17-41)22(3)24-10-11-27(26(35)18-24)37-33(45)31(23-8-6-21(2)7-9-23)39-32(44)28-12-13-36-42(28)25-19-47-20-25/h10-13,18,21-23,25,30-31H,5-9,14-17,19-20H2,1-4H3,(H,37,45)(H,38,43)(H,39,44)/t21?,22-,23?,30+,31-/m0/s1. The lowest BCUT2D eigenvalue weighted by molar-refractivity contribution is -0.138. The molecule has 2 aliphatic heterocycles. The summed E-state index contributed by atoms with van der Waals surface area (Å²) in [6, 6.07) is 4.30. The van der Waals surface area contributed by atoms with Crippen molar-refractivity contribution in [1.29, 1.82) is 0 Å². The maximum Gasteiger partial charge on any atom is 0.270 e. The first-order valence-electron chi connectivity index (χ1n) is 16.8. The number of aromatic nitrogens is 2. The maximum absolute atomic E-state index is 15.7. The largest absolute Gasteiger partial charge is 0.377 e. The molecule has 47 heavy (non-hydrogen) atoms. The van der Waals surface area contributed by atoms with Crippen molar-refractivity contribution in [1.82, 2.24) is 30.2 Å². The highest BCUT2D eigenvalue weighted by Gasteiger charge is 2.36. The van der Waals surface area contributed by atoms with E-state index < -0.39 is 35.6 Å². The highest BCUT2D eigenvalue weighted by atomic mass is 19.1. The summed E-state index contributed by atoms with van der Waals surface area (Å²) in [6.07, 6.45) is 5.17. The third kappa shape index (κ3) is 8.18. The van der Waals surface area contributed by atoms with Gasteiger partial charge in [-0.3, -0.25) is 23.9 Å². The van der Waals surface area contributed by atoms with Crippen molar-refractivity contribution in [3.8, 4) is 0 Å². The van der Waals surface area contributed by atoms with Gasteiger partial charge in [-0.05, 0) is 55.5 Å². The number of ether oxygens (including phenoxy) is 1. The Balaban J connectivity index is 1.32. The van der Waals surface area contributed by atoms with Crippen LogP contribution < -0.4 is 16.0 Å². The number of piperazine rings is 1. The molecule has 3 heterocycles. The van der Waals surface area contributed by atoms with E-state index in [1.165, 1.54) is 12.1 Å². The van der Waals surface area contributed by atoms with Crippen LogP contribution in [-0.4, -0.2) is 102 Å². The highest BCUT2D eigenvalue weighted by Crippen LogP contribution is 2.32. The van der Waals surface area contributed by atoms with Crippen LogP contribution in [0, 0.1) is 17.7 Å². The van der Waals surface area contributed by atoms with E-state index in [1.54, 1.807) is 41.8 Å². The Labute approximate surface area is 275 Å². The van der Waals surface area contributed by atoms with Crippen LogP contribution in [0.3, 0.4) is 0 Å². The van der Waals surface area contributed by atoms with E-state index in [-0.39, 0.29) is 35.9 Å². The van der Waals surface area contributed by atoms with Gasteiger partial charge < -0.3 is 30.5 Å². The van der Waals surface area contributed by atoms with Crippen LogP contribution in [0.4, 0.5) is 10.1 Å². The third-order valence-corrected chi connectivity index (χ3v) is 9.97. The summed E-state index contributed by atoms with van der Waals surface area (Å²) in [4.78, 5) is 57.1.